The van der Waals surface area contributed by atoms with Crippen molar-refractivity contribution < 1.29 is 9.90 Å². The van der Waals surface area contributed by atoms with E-state index in [9.17, 15) is 4.79 Å². The molecule has 4 heteroatoms. The van der Waals surface area contributed by atoms with Gasteiger partial charge in [-0.25, -0.2) is 0 Å². The van der Waals surface area contributed by atoms with Crippen LogP contribution in [0.25, 0.3) is 0 Å². The van der Waals surface area contributed by atoms with E-state index < -0.39 is 5.92 Å². The van der Waals surface area contributed by atoms with E-state index in [-0.39, 0.29) is 19.1 Å². The maximum Gasteiger partial charge on any atom is 0.241 e. The molecular weight excluding hydrogens is 192 g/mol. The molecule has 0 spiro atoms. The number of rotatable bonds is 4. The average Bonchev–Trinajstić information content (AvgIpc) is 2.29. The van der Waals surface area contributed by atoms with E-state index in [1.165, 1.54) is 0 Å². The summed E-state index contributed by atoms with van der Waals surface area (Å²) in [5.74, 6) is -1.18. The minimum Gasteiger partial charge on any atom is -0.395 e. The first-order valence-electron chi connectivity index (χ1n) is 4.62. The number of nitrogens with one attached hydrogen (secondary N) is 1. The van der Waals surface area contributed by atoms with Crippen molar-refractivity contribution in [1.82, 2.24) is 5.32 Å². The molecule has 0 saturated heterocycles. The lowest BCUT2D eigenvalue weighted by Gasteiger charge is -2.09. The molecule has 0 fully saturated rings. The molecule has 78 valence electrons. The van der Waals surface area contributed by atoms with Crippen molar-refractivity contribution in [3.05, 3.63) is 35.9 Å². The fraction of sp³-hybridized carbons (Fsp3) is 0.273. The molecule has 2 N–H and O–H groups in total. The molecule has 0 saturated carbocycles. The van der Waals surface area contributed by atoms with Gasteiger partial charge in [0.2, 0.25) is 5.91 Å². The average molecular weight is 204 g/mol. The van der Waals surface area contributed by atoms with Crippen LogP contribution in [0.4, 0.5) is 0 Å². The third kappa shape index (κ3) is 3.08. The van der Waals surface area contributed by atoms with Crippen LogP contribution >= 0.6 is 0 Å². The number of amides is 1. The molecule has 1 amide bonds. The fourth-order valence-electron chi connectivity index (χ4n) is 1.21. The molecule has 0 radical (unpaired) electrons. The lowest BCUT2D eigenvalue weighted by molar-refractivity contribution is -0.121. The third-order valence-electron chi connectivity index (χ3n) is 1.94. The second-order valence-electron chi connectivity index (χ2n) is 2.99. The molecule has 1 atom stereocenters. The van der Waals surface area contributed by atoms with Crippen LogP contribution in [0, 0.1) is 11.3 Å². The van der Waals surface area contributed by atoms with Gasteiger partial charge in [0.25, 0.3) is 0 Å². The highest BCUT2D eigenvalue weighted by Gasteiger charge is 2.18. The van der Waals surface area contributed by atoms with Crippen LogP contribution in [0.1, 0.15) is 11.5 Å². The number of carbonyl (C=O) groups is 1. The predicted molar refractivity (Wildman–Crippen MR) is 54.9 cm³/mol. The minimum absolute atomic E-state index is 0.126. The van der Waals surface area contributed by atoms with Gasteiger partial charge in [-0.2, -0.15) is 5.26 Å². The van der Waals surface area contributed by atoms with E-state index in [1.807, 2.05) is 12.1 Å². The van der Waals surface area contributed by atoms with E-state index in [1.54, 1.807) is 24.3 Å². The van der Waals surface area contributed by atoms with Crippen LogP contribution < -0.4 is 5.32 Å². The van der Waals surface area contributed by atoms with Crippen LogP contribution in [0.2, 0.25) is 0 Å². The standard InChI is InChI=1S/C11H12N2O2/c12-8-10(11(15)13-6-7-14)9-4-2-1-3-5-9/h1-5,10,14H,6-7H2,(H,13,15). The van der Waals surface area contributed by atoms with Gasteiger partial charge < -0.3 is 10.4 Å². The summed E-state index contributed by atoms with van der Waals surface area (Å²) in [4.78, 5) is 11.5. The maximum absolute atomic E-state index is 11.5. The number of hydrogen-bond acceptors (Lipinski definition) is 3. The Hall–Kier alpha value is -1.86. The van der Waals surface area contributed by atoms with Gasteiger partial charge >= 0.3 is 0 Å². The van der Waals surface area contributed by atoms with Gasteiger partial charge in [-0.1, -0.05) is 30.3 Å². The van der Waals surface area contributed by atoms with Gasteiger partial charge in [-0.15, -0.1) is 0 Å². The van der Waals surface area contributed by atoms with Crippen LogP contribution in [-0.2, 0) is 4.79 Å². The first kappa shape index (κ1) is 11.2. The smallest absolute Gasteiger partial charge is 0.241 e. The zero-order valence-corrected chi connectivity index (χ0v) is 8.18. The zero-order chi connectivity index (χ0) is 11.1. The normalized spacial score (nSPS) is 11.5. The highest BCUT2D eigenvalue weighted by Crippen LogP contribution is 2.13. The highest BCUT2D eigenvalue weighted by molar-refractivity contribution is 5.86. The lowest BCUT2D eigenvalue weighted by atomic mass is 10.00. The topological polar surface area (TPSA) is 73.1 Å². The van der Waals surface area contributed by atoms with Crippen molar-refractivity contribution in [2.75, 3.05) is 13.2 Å². The molecule has 0 heterocycles. The van der Waals surface area contributed by atoms with Gasteiger partial charge in [0.05, 0.1) is 12.7 Å². The molecule has 15 heavy (non-hydrogen) atoms. The number of nitrogens with zero attached hydrogens (tertiary/aromatic N) is 1. The Morgan fingerprint density at radius 3 is 2.67 bits per heavy atom. The Bertz CT molecular complexity index is 357. The van der Waals surface area contributed by atoms with Gasteiger partial charge in [-0.3, -0.25) is 4.79 Å². The number of aliphatic hydroxyl groups is 1. The SMILES string of the molecule is N#CC(C(=O)NCCO)c1ccccc1. The van der Waals surface area contributed by atoms with Crippen molar-refractivity contribution in [1.29, 1.82) is 5.26 Å². The van der Waals surface area contributed by atoms with E-state index in [0.29, 0.717) is 5.56 Å². The molecule has 1 aromatic carbocycles. The fourth-order valence-corrected chi connectivity index (χ4v) is 1.21. The van der Waals surface area contributed by atoms with Crippen molar-refractivity contribution in [3.63, 3.8) is 0 Å². The van der Waals surface area contributed by atoms with Crippen LogP contribution in [-0.4, -0.2) is 24.2 Å². The Morgan fingerprint density at radius 1 is 1.47 bits per heavy atom. The Balaban J connectivity index is 2.73. The van der Waals surface area contributed by atoms with E-state index in [0.717, 1.165) is 0 Å². The quantitative estimate of drug-likeness (QED) is 0.745. The van der Waals surface area contributed by atoms with Crippen LogP contribution in [0.3, 0.4) is 0 Å². The molecule has 0 aromatic heterocycles. The molecule has 4 nitrogen and oxygen atoms in total. The van der Waals surface area contributed by atoms with E-state index in [4.69, 9.17) is 10.4 Å². The summed E-state index contributed by atoms with van der Waals surface area (Å²) < 4.78 is 0. The van der Waals surface area contributed by atoms with Crippen molar-refractivity contribution in [2.24, 2.45) is 0 Å². The molecule has 0 aliphatic heterocycles. The predicted octanol–water partition coefficient (Wildman–Crippen LogP) is 0.402. The summed E-state index contributed by atoms with van der Waals surface area (Å²) in [7, 11) is 0. The van der Waals surface area contributed by atoms with Crippen LogP contribution in [0.5, 0.6) is 0 Å². The second-order valence-corrected chi connectivity index (χ2v) is 2.99. The van der Waals surface area contributed by atoms with E-state index in [2.05, 4.69) is 5.32 Å². The third-order valence-corrected chi connectivity index (χ3v) is 1.94. The van der Waals surface area contributed by atoms with Crippen molar-refractivity contribution in [2.45, 2.75) is 5.92 Å². The first-order chi connectivity index (χ1) is 7.29. The lowest BCUT2D eigenvalue weighted by Crippen LogP contribution is -2.30. The molecule has 0 aliphatic rings. The summed E-state index contributed by atoms with van der Waals surface area (Å²) in [5.41, 5.74) is 0.662. The van der Waals surface area contributed by atoms with Crippen molar-refractivity contribution >= 4 is 5.91 Å². The summed E-state index contributed by atoms with van der Waals surface area (Å²) in [5, 5.41) is 19.9. The van der Waals surface area contributed by atoms with Gasteiger partial charge in [-0.05, 0) is 5.56 Å². The highest BCUT2D eigenvalue weighted by atomic mass is 16.3. The molecule has 0 bridgehead atoms. The molecule has 1 rings (SSSR count). The molecular formula is C11H12N2O2. The Labute approximate surface area is 88.2 Å². The van der Waals surface area contributed by atoms with Gasteiger partial charge in [0, 0.05) is 6.54 Å². The number of nitriles is 1. The largest absolute Gasteiger partial charge is 0.395 e. The minimum atomic E-state index is -0.808. The Morgan fingerprint density at radius 2 is 2.13 bits per heavy atom. The zero-order valence-electron chi connectivity index (χ0n) is 8.18. The first-order valence-corrected chi connectivity index (χ1v) is 4.62. The van der Waals surface area contributed by atoms with Crippen LogP contribution in [0.15, 0.2) is 30.3 Å². The summed E-state index contributed by atoms with van der Waals surface area (Å²) in [6.07, 6.45) is 0. The summed E-state index contributed by atoms with van der Waals surface area (Å²) in [6, 6.07) is 10.8. The summed E-state index contributed by atoms with van der Waals surface area (Å²) in [6.45, 7) is 0.0442. The second kappa shape index (κ2) is 5.78. The maximum atomic E-state index is 11.5. The molecule has 0 aliphatic carbocycles. The van der Waals surface area contributed by atoms with E-state index >= 15 is 0 Å². The number of carbonyl (C=O) groups excluding carboxylic acids is 1. The molecule has 1 unspecified atom stereocenters. The number of hydrogen-bond donors (Lipinski definition) is 2. The number of aliphatic hydroxyl groups excluding tert-OH is 1. The summed E-state index contributed by atoms with van der Waals surface area (Å²) >= 11 is 0. The molecule has 1 aromatic rings. The van der Waals surface area contributed by atoms with Crippen molar-refractivity contribution in [3.8, 4) is 6.07 Å². The van der Waals surface area contributed by atoms with Gasteiger partial charge in [0.15, 0.2) is 0 Å². The van der Waals surface area contributed by atoms with Gasteiger partial charge in [0.1, 0.15) is 5.92 Å². The monoisotopic (exact) mass is 204 g/mol. The number of benzene rings is 1. The Kier molecular flexibility index (Phi) is 4.32.